The molecule has 0 radical (unpaired) electrons. The lowest BCUT2D eigenvalue weighted by Gasteiger charge is -2.12. The monoisotopic (exact) mass is 531 g/mol. The Kier molecular flexibility index (Phi) is 10.2. The van der Waals surface area contributed by atoms with E-state index in [0.29, 0.717) is 40.1 Å². The molecule has 0 saturated carbocycles. The van der Waals surface area contributed by atoms with Gasteiger partial charge in [-0.15, -0.1) is 0 Å². The number of rotatable bonds is 9. The molecule has 0 saturated heterocycles. The molecule has 0 aliphatic rings. The Balaban J connectivity index is 1.32. The average molecular weight is 532 g/mol. The van der Waals surface area contributed by atoms with Crippen molar-refractivity contribution in [1.82, 2.24) is 16.2 Å². The first-order valence-electron chi connectivity index (χ1n) is 10.7. The minimum absolute atomic E-state index is 0.0205. The van der Waals surface area contributed by atoms with Gasteiger partial charge in [0, 0.05) is 17.0 Å². The molecule has 10 heteroatoms. The molecule has 182 valence electrons. The van der Waals surface area contributed by atoms with Crippen LogP contribution >= 0.6 is 35.4 Å². The Morgan fingerprint density at radius 2 is 1.63 bits per heavy atom. The Bertz CT molecular complexity index is 1160. The van der Waals surface area contributed by atoms with Gasteiger partial charge in [0.25, 0.3) is 5.91 Å². The molecular weight excluding hydrogens is 509 g/mol. The highest BCUT2D eigenvalue weighted by Crippen LogP contribution is 2.27. The second kappa shape index (κ2) is 13.5. The topological polar surface area (TPSA) is 88.7 Å². The molecule has 0 aliphatic heterocycles. The first kappa shape index (κ1) is 26.3. The van der Waals surface area contributed by atoms with Crippen molar-refractivity contribution in [2.75, 3.05) is 6.61 Å². The third-order valence-electron chi connectivity index (χ3n) is 4.61. The lowest BCUT2D eigenvalue weighted by atomic mass is 10.2. The second-order valence-electron chi connectivity index (χ2n) is 7.28. The maximum Gasteiger partial charge on any atom is 0.269 e. The third kappa shape index (κ3) is 9.09. The zero-order valence-electron chi connectivity index (χ0n) is 18.6. The van der Waals surface area contributed by atoms with Crippen LogP contribution in [0.25, 0.3) is 0 Å². The van der Waals surface area contributed by atoms with Gasteiger partial charge in [0.15, 0.2) is 5.11 Å². The van der Waals surface area contributed by atoms with Crippen molar-refractivity contribution < 1.29 is 19.1 Å². The predicted molar refractivity (Wildman–Crippen MR) is 140 cm³/mol. The van der Waals surface area contributed by atoms with E-state index in [1.54, 1.807) is 42.5 Å². The fourth-order valence-corrected chi connectivity index (χ4v) is 3.48. The van der Waals surface area contributed by atoms with Gasteiger partial charge < -0.3 is 14.8 Å². The second-order valence-corrected chi connectivity index (χ2v) is 8.53. The molecule has 2 amide bonds. The normalized spacial score (nSPS) is 10.2. The molecule has 0 bridgehead atoms. The van der Waals surface area contributed by atoms with Gasteiger partial charge in [0.05, 0.1) is 11.6 Å². The summed E-state index contributed by atoms with van der Waals surface area (Å²) in [5.74, 6) is 0.405. The maximum atomic E-state index is 12.3. The molecule has 0 aromatic heterocycles. The number of hydrogen-bond acceptors (Lipinski definition) is 5. The van der Waals surface area contributed by atoms with Crippen LogP contribution in [0.4, 0.5) is 0 Å². The minimum Gasteiger partial charge on any atom is -0.492 e. The van der Waals surface area contributed by atoms with Crippen LogP contribution in [0.2, 0.25) is 10.0 Å². The van der Waals surface area contributed by atoms with Crippen molar-refractivity contribution in [3.8, 4) is 11.5 Å². The summed E-state index contributed by atoms with van der Waals surface area (Å²) in [7, 11) is 0. The summed E-state index contributed by atoms with van der Waals surface area (Å²) in [6.07, 6.45) is 0.615. The van der Waals surface area contributed by atoms with Crippen molar-refractivity contribution in [1.29, 1.82) is 0 Å². The van der Waals surface area contributed by atoms with E-state index < -0.39 is 5.91 Å². The fraction of sp³-hybridized carbons (Fsp3) is 0.160. The Morgan fingerprint density at radius 1 is 0.886 bits per heavy atom. The highest BCUT2D eigenvalue weighted by atomic mass is 35.5. The number of nitrogens with one attached hydrogen (secondary N) is 3. The van der Waals surface area contributed by atoms with Crippen LogP contribution in [-0.4, -0.2) is 23.5 Å². The van der Waals surface area contributed by atoms with Gasteiger partial charge in [-0.3, -0.25) is 20.4 Å². The molecule has 0 fully saturated rings. The summed E-state index contributed by atoms with van der Waals surface area (Å²) in [6, 6.07) is 21.4. The van der Waals surface area contributed by atoms with E-state index >= 15 is 0 Å². The molecular formula is C25H23Cl2N3O4S. The van der Waals surface area contributed by atoms with E-state index in [1.165, 1.54) is 0 Å². The van der Waals surface area contributed by atoms with Crippen molar-refractivity contribution >= 4 is 52.3 Å². The standard InChI is InChI=1S/C25H23Cl2N3O4S/c26-19-10-13-22(21(27)15-19)33-14-4-7-23(31)28-25(35)30-29-24(32)18-8-11-20(12-9-18)34-16-17-5-2-1-3-6-17/h1-3,5-6,8-13,15H,4,7,14,16H2,(H,29,32)(H2,28,30,31,35). The van der Waals surface area contributed by atoms with Crippen molar-refractivity contribution in [3.63, 3.8) is 0 Å². The number of benzene rings is 3. The zero-order chi connectivity index (χ0) is 25.0. The number of ether oxygens (including phenoxy) is 2. The highest BCUT2D eigenvalue weighted by molar-refractivity contribution is 7.80. The van der Waals surface area contributed by atoms with Gasteiger partial charge in [-0.05, 0) is 66.7 Å². The van der Waals surface area contributed by atoms with Crippen LogP contribution < -0.4 is 25.6 Å². The highest BCUT2D eigenvalue weighted by Gasteiger charge is 2.09. The number of thiocarbonyl (C=S) groups is 1. The summed E-state index contributed by atoms with van der Waals surface area (Å²) in [5.41, 5.74) is 6.40. The molecule has 3 aromatic rings. The van der Waals surface area contributed by atoms with E-state index in [4.69, 9.17) is 44.9 Å². The predicted octanol–water partition coefficient (Wildman–Crippen LogP) is 5.07. The van der Waals surface area contributed by atoms with Crippen LogP contribution in [-0.2, 0) is 11.4 Å². The van der Waals surface area contributed by atoms with Crippen LogP contribution in [0.3, 0.4) is 0 Å². The molecule has 3 aromatic carbocycles. The van der Waals surface area contributed by atoms with Gasteiger partial charge in [0.1, 0.15) is 18.1 Å². The molecule has 7 nitrogen and oxygen atoms in total. The van der Waals surface area contributed by atoms with Gasteiger partial charge in [-0.1, -0.05) is 53.5 Å². The number of amides is 2. The number of carbonyl (C=O) groups excluding carboxylic acids is 2. The van der Waals surface area contributed by atoms with Crippen molar-refractivity contribution in [3.05, 3.63) is 94.0 Å². The SMILES string of the molecule is O=C(CCCOc1ccc(Cl)cc1Cl)NC(=S)NNC(=O)c1ccc(OCc2ccccc2)cc1. The average Bonchev–Trinajstić information content (AvgIpc) is 2.86. The van der Waals surface area contributed by atoms with Crippen molar-refractivity contribution in [2.24, 2.45) is 0 Å². The van der Waals surface area contributed by atoms with E-state index in [-0.39, 0.29) is 24.0 Å². The third-order valence-corrected chi connectivity index (χ3v) is 5.34. The van der Waals surface area contributed by atoms with Crippen LogP contribution in [0.15, 0.2) is 72.8 Å². The van der Waals surface area contributed by atoms with Gasteiger partial charge >= 0.3 is 0 Å². The maximum absolute atomic E-state index is 12.3. The molecule has 0 unspecified atom stereocenters. The zero-order valence-corrected chi connectivity index (χ0v) is 20.9. The fourth-order valence-electron chi connectivity index (χ4n) is 2.86. The molecule has 0 atom stereocenters. The smallest absolute Gasteiger partial charge is 0.269 e. The molecule has 3 N–H and O–H groups in total. The van der Waals surface area contributed by atoms with E-state index in [1.807, 2.05) is 30.3 Å². The summed E-state index contributed by atoms with van der Waals surface area (Å²) < 4.78 is 11.2. The molecule has 0 aliphatic carbocycles. The summed E-state index contributed by atoms with van der Waals surface area (Å²) in [6.45, 7) is 0.722. The lowest BCUT2D eigenvalue weighted by Crippen LogP contribution is -2.48. The molecule has 0 spiro atoms. The lowest BCUT2D eigenvalue weighted by molar-refractivity contribution is -0.119. The van der Waals surface area contributed by atoms with Crippen molar-refractivity contribution in [2.45, 2.75) is 19.4 Å². The summed E-state index contributed by atoms with van der Waals surface area (Å²) in [5, 5.41) is 3.39. The Hall–Kier alpha value is -3.33. The van der Waals surface area contributed by atoms with Gasteiger partial charge in [0.2, 0.25) is 5.91 Å². The van der Waals surface area contributed by atoms with Crippen LogP contribution in [0.5, 0.6) is 11.5 Å². The summed E-state index contributed by atoms with van der Waals surface area (Å²) in [4.78, 5) is 24.3. The quantitative estimate of drug-likeness (QED) is 0.203. The first-order chi connectivity index (χ1) is 16.9. The van der Waals surface area contributed by atoms with Crippen LogP contribution in [0, 0.1) is 0 Å². The Labute approximate surface area is 218 Å². The molecule has 0 heterocycles. The van der Waals surface area contributed by atoms with Gasteiger partial charge in [-0.25, -0.2) is 0 Å². The van der Waals surface area contributed by atoms with E-state index in [9.17, 15) is 9.59 Å². The first-order valence-corrected chi connectivity index (χ1v) is 11.8. The minimum atomic E-state index is -0.413. The van der Waals surface area contributed by atoms with E-state index in [0.717, 1.165) is 5.56 Å². The Morgan fingerprint density at radius 3 is 2.34 bits per heavy atom. The van der Waals surface area contributed by atoms with Crippen LogP contribution in [0.1, 0.15) is 28.8 Å². The summed E-state index contributed by atoms with van der Waals surface area (Å²) >= 11 is 16.9. The number of hydrazine groups is 1. The van der Waals surface area contributed by atoms with E-state index in [2.05, 4.69) is 16.2 Å². The largest absolute Gasteiger partial charge is 0.492 e. The number of hydrogen-bond donors (Lipinski definition) is 3. The molecule has 3 rings (SSSR count). The molecule has 35 heavy (non-hydrogen) atoms. The number of halogens is 2. The number of carbonyl (C=O) groups is 2. The van der Waals surface area contributed by atoms with Gasteiger partial charge in [-0.2, -0.15) is 0 Å².